The normalized spacial score (nSPS) is 39.8. The minimum absolute atomic E-state index is 0.129. The van der Waals surface area contributed by atoms with Crippen molar-refractivity contribution in [3.05, 3.63) is 0 Å². The highest BCUT2D eigenvalue weighted by atomic mass is 16.1. The van der Waals surface area contributed by atoms with Crippen LogP contribution in [0, 0.1) is 5.92 Å². The fraction of sp³-hybridized carbons (Fsp3) is 0.889. The average molecular weight is 169 g/mol. The lowest BCUT2D eigenvalue weighted by Gasteiger charge is -2.48. The summed E-state index contributed by atoms with van der Waals surface area (Å²) in [5.41, 5.74) is 5.25. The molecular weight excluding hydrogens is 152 g/mol. The molecule has 0 unspecified atom stereocenters. The predicted molar refractivity (Wildman–Crippen MR) is 46.3 cm³/mol. The Hall–Kier alpha value is -0.570. The Kier molecular flexibility index (Phi) is 1.83. The second-order valence-corrected chi connectivity index (χ2v) is 4.37. The fourth-order valence-corrected chi connectivity index (χ4v) is 2.71. The molecule has 3 aliphatic heterocycles. The molecule has 3 rings (SSSR count). The number of amides is 1. The Morgan fingerprint density at radius 3 is 2.17 bits per heavy atom. The SMILES string of the molecule is NC(=O)C[N+]12CCC(CC1)CC2. The molecule has 3 heteroatoms. The number of hydrogen-bond acceptors (Lipinski definition) is 1. The largest absolute Gasteiger partial charge is 0.365 e. The van der Waals surface area contributed by atoms with E-state index >= 15 is 0 Å². The molecule has 0 radical (unpaired) electrons. The second-order valence-electron chi connectivity index (χ2n) is 4.37. The maximum atomic E-state index is 10.9. The van der Waals surface area contributed by atoms with Gasteiger partial charge in [0.2, 0.25) is 0 Å². The molecule has 3 heterocycles. The van der Waals surface area contributed by atoms with Gasteiger partial charge in [0, 0.05) is 0 Å². The van der Waals surface area contributed by atoms with Crippen LogP contribution in [0.1, 0.15) is 19.3 Å². The summed E-state index contributed by atoms with van der Waals surface area (Å²) in [5, 5.41) is 0. The van der Waals surface area contributed by atoms with Gasteiger partial charge >= 0.3 is 0 Å². The van der Waals surface area contributed by atoms with Crippen LogP contribution in [-0.4, -0.2) is 36.6 Å². The van der Waals surface area contributed by atoms with E-state index in [2.05, 4.69) is 0 Å². The monoisotopic (exact) mass is 169 g/mol. The first-order valence-corrected chi connectivity index (χ1v) is 4.84. The highest BCUT2D eigenvalue weighted by Crippen LogP contribution is 2.32. The summed E-state index contributed by atoms with van der Waals surface area (Å²) in [6, 6.07) is 0. The number of nitrogens with zero attached hydrogens (tertiary/aromatic N) is 1. The summed E-state index contributed by atoms with van der Waals surface area (Å²) in [7, 11) is 0. The van der Waals surface area contributed by atoms with E-state index in [1.807, 2.05) is 0 Å². The third-order valence-corrected chi connectivity index (χ3v) is 3.53. The number of carbonyl (C=O) groups is 1. The number of quaternary nitrogens is 1. The van der Waals surface area contributed by atoms with E-state index < -0.39 is 0 Å². The minimum Gasteiger partial charge on any atom is -0.365 e. The Morgan fingerprint density at radius 2 is 1.75 bits per heavy atom. The number of hydrogen-bond donors (Lipinski definition) is 1. The predicted octanol–water partition coefficient (Wildman–Crippen LogP) is 0.102. The van der Waals surface area contributed by atoms with Crippen LogP contribution in [0.5, 0.6) is 0 Å². The maximum Gasteiger partial charge on any atom is 0.272 e. The van der Waals surface area contributed by atoms with Crippen molar-refractivity contribution in [2.24, 2.45) is 11.7 Å². The Bertz CT molecular complexity index is 181. The number of primary amides is 1. The summed E-state index contributed by atoms with van der Waals surface area (Å²) < 4.78 is 0.992. The fourth-order valence-electron chi connectivity index (χ4n) is 2.71. The van der Waals surface area contributed by atoms with E-state index in [1.165, 1.54) is 38.9 Å². The maximum absolute atomic E-state index is 10.9. The number of rotatable bonds is 2. The molecule has 0 saturated carbocycles. The minimum atomic E-state index is -0.129. The van der Waals surface area contributed by atoms with Crippen LogP contribution in [0.15, 0.2) is 0 Å². The standard InChI is InChI=1S/C9H16N2O/c10-9(12)7-11-4-1-8(2-5-11)3-6-11/h8H,1-7H2,(H-,10,12)/p+1. The van der Waals surface area contributed by atoms with E-state index in [0.29, 0.717) is 6.54 Å². The van der Waals surface area contributed by atoms with Gasteiger partial charge in [0.15, 0.2) is 6.54 Å². The zero-order chi connectivity index (χ0) is 8.60. The first-order chi connectivity index (χ1) is 5.70. The first kappa shape index (κ1) is 8.05. The van der Waals surface area contributed by atoms with Gasteiger partial charge in [0.1, 0.15) is 0 Å². The van der Waals surface area contributed by atoms with E-state index in [-0.39, 0.29) is 5.91 Å². The number of nitrogens with two attached hydrogens (primary N) is 1. The van der Waals surface area contributed by atoms with Crippen molar-refractivity contribution in [3.63, 3.8) is 0 Å². The number of carbonyl (C=O) groups excluding carboxylic acids is 1. The lowest BCUT2D eigenvalue weighted by atomic mass is 9.86. The Labute approximate surface area is 73.1 Å². The molecule has 1 amide bonds. The van der Waals surface area contributed by atoms with Gasteiger partial charge in [-0.25, -0.2) is 0 Å². The third kappa shape index (κ3) is 1.33. The highest BCUT2D eigenvalue weighted by Gasteiger charge is 2.40. The van der Waals surface area contributed by atoms with Gasteiger partial charge in [0.25, 0.3) is 5.91 Å². The molecule has 0 atom stereocenters. The van der Waals surface area contributed by atoms with Crippen LogP contribution < -0.4 is 5.73 Å². The second kappa shape index (κ2) is 2.73. The van der Waals surface area contributed by atoms with Gasteiger partial charge in [-0.15, -0.1) is 0 Å². The van der Waals surface area contributed by atoms with Crippen LogP contribution in [0.4, 0.5) is 0 Å². The molecule has 0 spiro atoms. The molecule has 12 heavy (non-hydrogen) atoms. The van der Waals surface area contributed by atoms with Crippen LogP contribution in [0.3, 0.4) is 0 Å². The molecular formula is C9H17N2O+. The van der Waals surface area contributed by atoms with Crippen molar-refractivity contribution in [1.82, 2.24) is 0 Å². The van der Waals surface area contributed by atoms with E-state index in [4.69, 9.17) is 5.73 Å². The summed E-state index contributed by atoms with van der Waals surface area (Å²) in [5.74, 6) is 0.827. The van der Waals surface area contributed by atoms with Crippen molar-refractivity contribution >= 4 is 5.91 Å². The van der Waals surface area contributed by atoms with E-state index in [1.54, 1.807) is 0 Å². The molecule has 2 bridgehead atoms. The first-order valence-electron chi connectivity index (χ1n) is 4.84. The van der Waals surface area contributed by atoms with Gasteiger partial charge in [-0.2, -0.15) is 0 Å². The molecule has 0 aromatic carbocycles. The van der Waals surface area contributed by atoms with Crippen LogP contribution in [0.25, 0.3) is 0 Å². The number of fused-ring (bicyclic) bond motifs is 3. The van der Waals surface area contributed by atoms with Crippen molar-refractivity contribution in [2.45, 2.75) is 19.3 Å². The molecule has 3 aliphatic rings. The number of piperidine rings is 3. The lowest BCUT2D eigenvalue weighted by Crippen LogP contribution is -2.60. The average Bonchev–Trinajstić information content (AvgIpc) is 2.05. The van der Waals surface area contributed by atoms with Crippen molar-refractivity contribution in [3.8, 4) is 0 Å². The molecule has 0 aromatic rings. The molecule has 0 aromatic heterocycles. The van der Waals surface area contributed by atoms with Gasteiger partial charge in [-0.3, -0.25) is 4.79 Å². The van der Waals surface area contributed by atoms with Gasteiger partial charge in [-0.05, 0) is 25.2 Å². The summed E-state index contributed by atoms with van der Waals surface area (Å²) >= 11 is 0. The zero-order valence-corrected chi connectivity index (χ0v) is 7.46. The molecule has 3 saturated heterocycles. The summed E-state index contributed by atoms with van der Waals surface area (Å²) in [6.45, 7) is 4.14. The third-order valence-electron chi connectivity index (χ3n) is 3.53. The van der Waals surface area contributed by atoms with Crippen molar-refractivity contribution in [2.75, 3.05) is 26.2 Å². The molecule has 3 fully saturated rings. The summed E-state index contributed by atoms with van der Waals surface area (Å²) in [6.07, 6.45) is 3.94. The quantitative estimate of drug-likeness (QED) is 0.585. The zero-order valence-electron chi connectivity index (χ0n) is 7.46. The van der Waals surface area contributed by atoms with Crippen molar-refractivity contribution < 1.29 is 9.28 Å². The Morgan fingerprint density at radius 1 is 1.25 bits per heavy atom. The van der Waals surface area contributed by atoms with Gasteiger partial charge in [0.05, 0.1) is 19.6 Å². The van der Waals surface area contributed by atoms with Gasteiger partial charge in [-0.1, -0.05) is 0 Å². The van der Waals surface area contributed by atoms with Crippen LogP contribution >= 0.6 is 0 Å². The lowest BCUT2D eigenvalue weighted by molar-refractivity contribution is -0.935. The Balaban J connectivity index is 2.03. The molecule has 68 valence electrons. The van der Waals surface area contributed by atoms with E-state index in [9.17, 15) is 4.79 Å². The van der Waals surface area contributed by atoms with E-state index in [0.717, 1.165) is 10.4 Å². The highest BCUT2D eigenvalue weighted by molar-refractivity contribution is 5.74. The van der Waals surface area contributed by atoms with Crippen molar-refractivity contribution in [1.29, 1.82) is 0 Å². The van der Waals surface area contributed by atoms with Crippen LogP contribution in [-0.2, 0) is 4.79 Å². The van der Waals surface area contributed by atoms with Crippen LogP contribution in [0.2, 0.25) is 0 Å². The molecule has 2 N–H and O–H groups in total. The topological polar surface area (TPSA) is 43.1 Å². The van der Waals surface area contributed by atoms with Gasteiger partial charge < -0.3 is 10.2 Å². The molecule has 3 nitrogen and oxygen atoms in total. The summed E-state index contributed by atoms with van der Waals surface area (Å²) in [4.78, 5) is 10.9. The molecule has 0 aliphatic carbocycles. The smallest absolute Gasteiger partial charge is 0.272 e.